The third kappa shape index (κ3) is 6.32. The molecule has 2 aromatic rings. The van der Waals surface area contributed by atoms with E-state index < -0.39 is 29.6 Å². The van der Waals surface area contributed by atoms with Crippen molar-refractivity contribution in [2.75, 3.05) is 17.2 Å². The molecule has 1 aromatic heterocycles. The zero-order valence-corrected chi connectivity index (χ0v) is 16.9. The first-order valence-corrected chi connectivity index (χ1v) is 9.62. The molecule has 1 saturated carbocycles. The van der Waals surface area contributed by atoms with Crippen LogP contribution in [0.3, 0.4) is 0 Å². The molecule has 12 heteroatoms. The highest BCUT2D eigenvalue weighted by molar-refractivity contribution is 6.32. The summed E-state index contributed by atoms with van der Waals surface area (Å²) in [5, 5.41) is 8.30. The predicted molar refractivity (Wildman–Crippen MR) is 111 cm³/mol. The summed E-state index contributed by atoms with van der Waals surface area (Å²) < 4.78 is 40.9. The fourth-order valence-corrected chi connectivity index (χ4v) is 2.59. The van der Waals surface area contributed by atoms with Gasteiger partial charge in [-0.05, 0) is 25.0 Å². The Hall–Kier alpha value is -3.34. The van der Waals surface area contributed by atoms with Crippen molar-refractivity contribution in [1.82, 2.24) is 15.3 Å². The van der Waals surface area contributed by atoms with Crippen LogP contribution in [0.1, 0.15) is 18.4 Å². The van der Waals surface area contributed by atoms with Crippen LogP contribution in [0.5, 0.6) is 0 Å². The Morgan fingerprint density at radius 1 is 1.29 bits per heavy atom. The number of benzene rings is 1. The van der Waals surface area contributed by atoms with Gasteiger partial charge in [0.2, 0.25) is 11.9 Å². The molecule has 164 valence electrons. The average molecular weight is 454 g/mol. The summed E-state index contributed by atoms with van der Waals surface area (Å²) in [7, 11) is 0. The quantitative estimate of drug-likeness (QED) is 0.342. The molecule has 31 heavy (non-hydrogen) atoms. The van der Waals surface area contributed by atoms with E-state index in [9.17, 15) is 18.0 Å². The number of hydrogen-bond donors (Lipinski definition) is 4. The summed E-state index contributed by atoms with van der Waals surface area (Å²) in [5.41, 5.74) is 5.35. The number of carbonyl (C=O) groups is 1. The topological polar surface area (TPSA) is 117 Å². The Bertz CT molecular complexity index is 1030. The second-order valence-corrected chi connectivity index (χ2v) is 7.03. The van der Waals surface area contributed by atoms with Gasteiger partial charge in [-0.2, -0.15) is 4.98 Å². The van der Waals surface area contributed by atoms with Crippen LogP contribution in [0.25, 0.3) is 0 Å². The summed E-state index contributed by atoms with van der Waals surface area (Å²) in [4.78, 5) is 23.7. The monoisotopic (exact) mass is 453 g/mol. The van der Waals surface area contributed by atoms with E-state index in [-0.39, 0.29) is 35.3 Å². The number of allylic oxidation sites excluding steroid dienone is 1. The van der Waals surface area contributed by atoms with E-state index in [1.807, 2.05) is 0 Å². The Kier molecular flexibility index (Phi) is 7.29. The molecular weight excluding hydrogens is 435 g/mol. The zero-order valence-electron chi connectivity index (χ0n) is 16.1. The first-order valence-electron chi connectivity index (χ1n) is 9.24. The first-order chi connectivity index (χ1) is 14.9. The lowest BCUT2D eigenvalue weighted by molar-refractivity contribution is -0.119. The summed E-state index contributed by atoms with van der Waals surface area (Å²) >= 11 is 6.02. The maximum Gasteiger partial charge on any atom is 0.241 e. The van der Waals surface area contributed by atoms with Gasteiger partial charge in [-0.3, -0.25) is 9.79 Å². The molecule has 0 atom stereocenters. The van der Waals surface area contributed by atoms with Crippen molar-refractivity contribution in [2.45, 2.75) is 25.4 Å². The Labute approximate surface area is 180 Å². The van der Waals surface area contributed by atoms with Crippen molar-refractivity contribution >= 4 is 35.5 Å². The number of hydrogen-bond acceptors (Lipinski definition) is 7. The van der Waals surface area contributed by atoms with Crippen LogP contribution in [-0.4, -0.2) is 34.7 Å². The second kappa shape index (κ2) is 10.1. The SMILES string of the molecule is NC=C(C=NCC(=O)NC1CC1)Nc1ncc(Cl)c(NCc2c(F)ccc(F)c2F)n1. The molecule has 3 rings (SSSR count). The smallest absolute Gasteiger partial charge is 0.241 e. The van der Waals surface area contributed by atoms with Crippen molar-refractivity contribution in [3.05, 3.63) is 58.3 Å². The maximum atomic E-state index is 13.8. The van der Waals surface area contributed by atoms with Crippen LogP contribution in [0.4, 0.5) is 24.9 Å². The van der Waals surface area contributed by atoms with Crippen LogP contribution >= 0.6 is 11.6 Å². The minimum Gasteiger partial charge on any atom is -0.403 e. The summed E-state index contributed by atoms with van der Waals surface area (Å²) in [6.45, 7) is -0.461. The molecule has 1 aliphatic rings. The molecular formula is C19H19ClF3N7O. The molecule has 8 nitrogen and oxygen atoms in total. The van der Waals surface area contributed by atoms with Crippen LogP contribution < -0.4 is 21.7 Å². The number of carbonyl (C=O) groups excluding carboxylic acids is 1. The fraction of sp³-hybridized carbons (Fsp3) is 0.263. The molecule has 1 fully saturated rings. The average Bonchev–Trinajstić information content (AvgIpc) is 3.56. The molecule has 0 spiro atoms. The highest BCUT2D eigenvalue weighted by atomic mass is 35.5. The number of nitrogens with two attached hydrogens (primary N) is 1. The van der Waals surface area contributed by atoms with Gasteiger partial charge < -0.3 is 21.7 Å². The lowest BCUT2D eigenvalue weighted by Crippen LogP contribution is -2.27. The summed E-state index contributed by atoms with van der Waals surface area (Å²) in [5.74, 6) is -3.47. The number of rotatable bonds is 9. The molecule has 5 N–H and O–H groups in total. The van der Waals surface area contributed by atoms with Gasteiger partial charge in [0, 0.05) is 30.6 Å². The maximum absolute atomic E-state index is 13.8. The molecule has 0 bridgehead atoms. The number of nitrogens with zero attached hydrogens (tertiary/aromatic N) is 3. The van der Waals surface area contributed by atoms with Crippen LogP contribution in [0.2, 0.25) is 5.02 Å². The van der Waals surface area contributed by atoms with E-state index in [0.717, 1.165) is 18.9 Å². The normalized spacial score (nSPS) is 14.0. The van der Waals surface area contributed by atoms with Crippen LogP contribution in [-0.2, 0) is 11.3 Å². The van der Waals surface area contributed by atoms with Gasteiger partial charge in [-0.15, -0.1) is 0 Å². The van der Waals surface area contributed by atoms with Crippen molar-refractivity contribution in [1.29, 1.82) is 0 Å². The second-order valence-electron chi connectivity index (χ2n) is 6.62. The van der Waals surface area contributed by atoms with Gasteiger partial charge in [0.05, 0.1) is 11.9 Å². The molecule has 0 aliphatic heterocycles. The third-order valence-electron chi connectivity index (χ3n) is 4.16. The molecule has 0 unspecified atom stereocenters. The van der Waals surface area contributed by atoms with E-state index >= 15 is 0 Å². The Morgan fingerprint density at radius 3 is 2.74 bits per heavy atom. The third-order valence-corrected chi connectivity index (χ3v) is 4.44. The molecule has 0 radical (unpaired) electrons. The number of halogens is 4. The number of amides is 1. The van der Waals surface area contributed by atoms with Crippen LogP contribution in [0, 0.1) is 17.5 Å². The number of anilines is 2. The number of aromatic nitrogens is 2. The lowest BCUT2D eigenvalue weighted by atomic mass is 10.2. The number of nitrogens with one attached hydrogen (secondary N) is 3. The fourth-order valence-electron chi connectivity index (χ4n) is 2.43. The van der Waals surface area contributed by atoms with E-state index in [1.54, 1.807) is 0 Å². The van der Waals surface area contributed by atoms with Crippen molar-refractivity contribution in [2.24, 2.45) is 10.7 Å². The van der Waals surface area contributed by atoms with E-state index in [2.05, 4.69) is 30.9 Å². The minimum atomic E-state index is -1.30. The minimum absolute atomic E-state index is 0.0534. The van der Waals surface area contributed by atoms with Gasteiger partial charge >= 0.3 is 0 Å². The Balaban J connectivity index is 1.63. The van der Waals surface area contributed by atoms with Gasteiger partial charge in [-0.1, -0.05) is 11.6 Å². The van der Waals surface area contributed by atoms with Gasteiger partial charge in [0.1, 0.15) is 17.4 Å². The van der Waals surface area contributed by atoms with Crippen molar-refractivity contribution in [3.8, 4) is 0 Å². The van der Waals surface area contributed by atoms with Crippen molar-refractivity contribution < 1.29 is 18.0 Å². The lowest BCUT2D eigenvalue weighted by Gasteiger charge is -2.11. The zero-order chi connectivity index (χ0) is 22.4. The predicted octanol–water partition coefficient (Wildman–Crippen LogP) is 2.72. The first kappa shape index (κ1) is 22.3. The van der Waals surface area contributed by atoms with Crippen LogP contribution in [0.15, 0.2) is 35.2 Å². The highest BCUT2D eigenvalue weighted by Crippen LogP contribution is 2.22. The van der Waals surface area contributed by atoms with Gasteiger partial charge in [-0.25, -0.2) is 18.2 Å². The Morgan fingerprint density at radius 2 is 2.03 bits per heavy atom. The van der Waals surface area contributed by atoms with Gasteiger partial charge in [0.25, 0.3) is 0 Å². The molecule has 1 aromatic carbocycles. The standard InChI is InChI=1S/C19H19ClF3N7O/c20-13-8-27-19(29-11(5-24)6-25-9-16(31)28-10-1-2-10)30-18(13)26-7-12-14(21)3-4-15(22)17(12)23/h3-6,8,10H,1-2,7,9,24H2,(H,28,31)(H2,26,27,29,30). The van der Waals surface area contributed by atoms with E-state index in [0.29, 0.717) is 11.8 Å². The highest BCUT2D eigenvalue weighted by Gasteiger charge is 2.22. The molecule has 1 aliphatic carbocycles. The van der Waals surface area contributed by atoms with Gasteiger partial charge in [0.15, 0.2) is 17.5 Å². The largest absolute Gasteiger partial charge is 0.403 e. The molecule has 0 saturated heterocycles. The molecule has 1 amide bonds. The van der Waals surface area contributed by atoms with E-state index in [4.69, 9.17) is 17.3 Å². The molecule has 1 heterocycles. The van der Waals surface area contributed by atoms with E-state index in [1.165, 1.54) is 18.6 Å². The van der Waals surface area contributed by atoms with Crippen molar-refractivity contribution in [3.63, 3.8) is 0 Å². The summed E-state index contributed by atoms with van der Waals surface area (Å²) in [6, 6.07) is 1.77. The summed E-state index contributed by atoms with van der Waals surface area (Å²) in [6.07, 6.45) is 5.76. The number of aliphatic imine (C=N–C) groups is 1.